The van der Waals surface area contributed by atoms with Crippen LogP contribution in [0.4, 0.5) is 0 Å². The van der Waals surface area contributed by atoms with E-state index in [0.29, 0.717) is 0 Å². The van der Waals surface area contributed by atoms with Gasteiger partial charge < -0.3 is 19.7 Å². The van der Waals surface area contributed by atoms with Crippen LogP contribution in [0.2, 0.25) is 0 Å². The number of carboxylic acids is 1. The van der Waals surface area contributed by atoms with Crippen molar-refractivity contribution in [3.05, 3.63) is 0 Å². The molecule has 6 heteroatoms. The molecule has 0 bridgehead atoms. The van der Waals surface area contributed by atoms with Crippen LogP contribution in [0, 0.1) is 5.92 Å². The van der Waals surface area contributed by atoms with Crippen LogP contribution in [-0.2, 0) is 14.3 Å². The molecule has 15 heavy (non-hydrogen) atoms. The van der Waals surface area contributed by atoms with E-state index in [0.717, 1.165) is 0 Å². The maximum Gasteiger partial charge on any atom is 2.00 e. The molecule has 0 saturated heterocycles. The summed E-state index contributed by atoms with van der Waals surface area (Å²) in [7, 11) is 0. The summed E-state index contributed by atoms with van der Waals surface area (Å²) < 4.78 is 4.50. The number of carboxylic acid groups (broad SMARTS) is 1. The molecule has 0 rings (SSSR count). The number of hydrogen-bond acceptors (Lipinski definition) is 5. The summed E-state index contributed by atoms with van der Waals surface area (Å²) in [5.74, 6) is -3.20. The first-order valence-corrected chi connectivity index (χ1v) is 4.50. The van der Waals surface area contributed by atoms with Crippen LogP contribution in [-0.4, -0.2) is 48.2 Å². The Labute approximate surface area is 106 Å². The third-order valence-corrected chi connectivity index (χ3v) is 1.26. The van der Waals surface area contributed by atoms with E-state index in [1.807, 2.05) is 0 Å². The van der Waals surface area contributed by atoms with Gasteiger partial charge in [-0.3, -0.25) is 4.79 Å². The fourth-order valence-corrected chi connectivity index (χ4v) is 0.672. The Morgan fingerprint density at radius 3 is 1.87 bits per heavy atom. The zero-order valence-corrected chi connectivity index (χ0v) is 10.9. The van der Waals surface area contributed by atoms with E-state index >= 15 is 0 Å². The van der Waals surface area contributed by atoms with E-state index in [9.17, 15) is 14.7 Å². The first-order valence-electron chi connectivity index (χ1n) is 4.50. The average Bonchev–Trinajstić information content (AvgIpc) is 2.06. The number of hydrogen-bond donors (Lipinski definition) is 0. The summed E-state index contributed by atoms with van der Waals surface area (Å²) in [6.45, 7) is 4.99. The van der Waals surface area contributed by atoms with Crippen LogP contribution in [0.3, 0.4) is 0 Å². The fraction of sp³-hybridized carbons (Fsp3) is 0.778. The third kappa shape index (κ3) is 11.6. The first kappa shape index (κ1) is 20.1. The van der Waals surface area contributed by atoms with Crippen LogP contribution in [0.15, 0.2) is 0 Å². The van der Waals surface area contributed by atoms with Gasteiger partial charge in [0.15, 0.2) is 0 Å². The predicted octanol–water partition coefficient (Wildman–Crippen LogP) is -1.69. The Morgan fingerprint density at radius 2 is 1.67 bits per heavy atom. The van der Waals surface area contributed by atoms with Gasteiger partial charge in [0.05, 0.1) is 18.5 Å². The van der Waals surface area contributed by atoms with Crippen LogP contribution in [0.1, 0.15) is 27.2 Å². The maximum atomic E-state index is 10.8. The van der Waals surface area contributed by atoms with Crippen molar-refractivity contribution < 1.29 is 24.5 Å². The van der Waals surface area contributed by atoms with E-state index in [1.54, 1.807) is 20.8 Å². The van der Waals surface area contributed by atoms with Crippen LogP contribution < -0.4 is 10.2 Å². The minimum absolute atomic E-state index is 0. The molecule has 0 aromatic carbocycles. The van der Waals surface area contributed by atoms with Gasteiger partial charge in [0.1, 0.15) is 0 Å². The third-order valence-electron chi connectivity index (χ3n) is 1.26. The summed E-state index contributed by atoms with van der Waals surface area (Å²) in [6.07, 6.45) is 0.209. The average molecular weight is 229 g/mol. The molecule has 0 aliphatic heterocycles. The largest absolute Gasteiger partial charge is 2.00 e. The van der Waals surface area contributed by atoms with Gasteiger partial charge in [0.2, 0.25) is 0 Å². The second-order valence-corrected chi connectivity index (χ2v) is 2.32. The molecule has 0 spiro atoms. The van der Waals surface area contributed by atoms with Gasteiger partial charge in [-0.05, 0) is 13.3 Å². The molecule has 84 valence electrons. The molecule has 0 fully saturated rings. The topological polar surface area (TPSA) is 89.5 Å². The van der Waals surface area contributed by atoms with Crippen molar-refractivity contribution in [2.24, 2.45) is 5.92 Å². The van der Waals surface area contributed by atoms with Crippen molar-refractivity contribution in [3.63, 3.8) is 0 Å². The molecule has 0 aromatic rings. The molecular formula is C9H16MgO5. The van der Waals surface area contributed by atoms with Gasteiger partial charge in [-0.1, -0.05) is 13.8 Å². The number of rotatable bonds is 4. The van der Waals surface area contributed by atoms with Gasteiger partial charge in [0, 0.05) is 0 Å². The molecule has 5 nitrogen and oxygen atoms in total. The Morgan fingerprint density at radius 1 is 1.27 bits per heavy atom. The summed E-state index contributed by atoms with van der Waals surface area (Å²) in [5, 5.41) is 19.2. The Balaban J connectivity index is -0.000000320. The number of aliphatic carboxylic acids is 1. The van der Waals surface area contributed by atoms with Gasteiger partial charge in [-0.15, -0.1) is 6.61 Å². The number of carbonyl (C=O) groups excluding carboxylic acids is 2. The molecule has 0 radical (unpaired) electrons. The Kier molecular flexibility index (Phi) is 18.3. The van der Waals surface area contributed by atoms with Crippen molar-refractivity contribution >= 4 is 35.0 Å². The molecule has 0 aromatic heterocycles. The van der Waals surface area contributed by atoms with E-state index < -0.39 is 17.9 Å². The van der Waals surface area contributed by atoms with Crippen LogP contribution in [0.25, 0.3) is 0 Å². The Bertz CT molecular complexity index is 172. The minimum Gasteiger partial charge on any atom is -0.855 e. The van der Waals surface area contributed by atoms with Crippen molar-refractivity contribution in [1.29, 1.82) is 0 Å². The minimum atomic E-state index is -1.37. The molecule has 1 unspecified atom stereocenters. The quantitative estimate of drug-likeness (QED) is 0.325. The predicted molar refractivity (Wildman–Crippen MR) is 51.7 cm³/mol. The van der Waals surface area contributed by atoms with E-state index in [-0.39, 0.29) is 42.7 Å². The zero-order chi connectivity index (χ0) is 11.6. The fourth-order valence-electron chi connectivity index (χ4n) is 0.672. The second-order valence-electron chi connectivity index (χ2n) is 2.32. The van der Waals surface area contributed by atoms with Gasteiger partial charge >= 0.3 is 29.0 Å². The van der Waals surface area contributed by atoms with Crippen molar-refractivity contribution in [1.82, 2.24) is 0 Å². The Hall–Kier alpha value is -0.334. The number of ether oxygens (including phenoxy) is 1. The smallest absolute Gasteiger partial charge is 0.855 e. The zero-order valence-electron chi connectivity index (χ0n) is 9.45. The van der Waals surface area contributed by atoms with E-state index in [4.69, 9.17) is 5.11 Å². The van der Waals surface area contributed by atoms with Crippen molar-refractivity contribution in [3.8, 4) is 0 Å². The molecule has 0 aliphatic rings. The summed E-state index contributed by atoms with van der Waals surface area (Å²) >= 11 is 0. The number of carbonyl (C=O) groups is 2. The maximum absolute atomic E-state index is 10.8. The van der Waals surface area contributed by atoms with Gasteiger partial charge in [-0.25, -0.2) is 0 Å². The van der Waals surface area contributed by atoms with E-state index in [1.165, 1.54) is 0 Å². The van der Waals surface area contributed by atoms with Gasteiger partial charge in [-0.2, -0.15) is 0 Å². The SMILES string of the molecule is CCOC(=O)C(CC)C(=O)[O-].CC[O-].[Mg+2]. The second kappa shape index (κ2) is 13.7. The standard InChI is InChI=1S/C7H12O4.C2H5O.Mg/c1-3-5(6(8)9)7(10)11-4-2;1-2-3;/h5H,3-4H2,1-2H3,(H,8,9);2H2,1H3;/q;-1;+2/p-1. The molecule has 0 amide bonds. The molecule has 0 N–H and O–H groups in total. The molecular weight excluding hydrogens is 212 g/mol. The summed E-state index contributed by atoms with van der Waals surface area (Å²) in [6, 6.07) is 0. The van der Waals surface area contributed by atoms with Crippen molar-refractivity contribution in [2.45, 2.75) is 27.2 Å². The van der Waals surface area contributed by atoms with Crippen molar-refractivity contribution in [2.75, 3.05) is 13.2 Å². The van der Waals surface area contributed by atoms with Crippen LogP contribution >= 0.6 is 0 Å². The van der Waals surface area contributed by atoms with Gasteiger partial charge in [0.25, 0.3) is 0 Å². The summed E-state index contributed by atoms with van der Waals surface area (Å²) in [5.41, 5.74) is 0. The molecule has 1 atom stereocenters. The van der Waals surface area contributed by atoms with E-state index in [2.05, 4.69) is 4.74 Å². The number of esters is 1. The molecule has 0 saturated carbocycles. The molecule has 0 aliphatic carbocycles. The monoisotopic (exact) mass is 228 g/mol. The first-order chi connectivity index (χ1) is 6.54. The normalized spacial score (nSPS) is 10.1. The summed E-state index contributed by atoms with van der Waals surface area (Å²) in [4.78, 5) is 21.0. The molecule has 0 heterocycles. The van der Waals surface area contributed by atoms with Crippen LogP contribution in [0.5, 0.6) is 0 Å².